The summed E-state index contributed by atoms with van der Waals surface area (Å²) in [5.41, 5.74) is 11.6. The molecular weight excluding hydrogens is 398 g/mol. The number of benzene rings is 2. The number of urea groups is 1. The summed E-state index contributed by atoms with van der Waals surface area (Å²) < 4.78 is 0. The van der Waals surface area contributed by atoms with Crippen LogP contribution in [0.2, 0.25) is 0 Å². The lowest BCUT2D eigenvalue weighted by molar-refractivity contribution is -0.135. The topological polar surface area (TPSA) is 154 Å². The second-order valence-electron chi connectivity index (χ2n) is 7.00. The molecule has 0 bridgehead atoms. The molecule has 9 nitrogen and oxygen atoms in total. The molecule has 9 heteroatoms. The molecule has 164 valence electrons. The molecule has 1 saturated heterocycles. The zero-order valence-electron chi connectivity index (χ0n) is 17.2. The van der Waals surface area contributed by atoms with E-state index in [0.717, 1.165) is 25.9 Å². The van der Waals surface area contributed by atoms with Gasteiger partial charge in [0.05, 0.1) is 0 Å². The number of carbonyl (C=O) groups excluding carboxylic acids is 2. The van der Waals surface area contributed by atoms with Gasteiger partial charge >= 0.3 is 12.0 Å². The highest BCUT2D eigenvalue weighted by molar-refractivity contribution is 6.09. The highest BCUT2D eigenvalue weighted by atomic mass is 16.4. The maximum atomic E-state index is 12.6. The summed E-state index contributed by atoms with van der Waals surface area (Å²) in [6.07, 6.45) is 3.47. The van der Waals surface area contributed by atoms with Crippen LogP contribution in [0.4, 0.5) is 10.5 Å². The summed E-state index contributed by atoms with van der Waals surface area (Å²) in [5, 5.41) is 16.5. The van der Waals surface area contributed by atoms with E-state index in [9.17, 15) is 14.4 Å². The number of amides is 3. The minimum Gasteiger partial charge on any atom is -0.480 e. The number of amidine groups is 1. The second kappa shape index (κ2) is 11.3. The van der Waals surface area contributed by atoms with Crippen LogP contribution in [0.25, 0.3) is 0 Å². The van der Waals surface area contributed by atoms with Crippen LogP contribution in [0.1, 0.15) is 35.2 Å². The Balaban J connectivity index is 0.000000316. The third kappa shape index (κ3) is 7.14. The van der Waals surface area contributed by atoms with Gasteiger partial charge in [0.1, 0.15) is 12.4 Å². The van der Waals surface area contributed by atoms with E-state index in [1.54, 1.807) is 53.4 Å². The van der Waals surface area contributed by atoms with E-state index in [2.05, 4.69) is 0 Å². The Bertz CT molecular complexity index is 927. The second-order valence-corrected chi connectivity index (χ2v) is 7.00. The summed E-state index contributed by atoms with van der Waals surface area (Å²) in [5.74, 6) is -1.73. The predicted molar refractivity (Wildman–Crippen MR) is 118 cm³/mol. The first-order valence-corrected chi connectivity index (χ1v) is 9.87. The fraction of sp³-hybridized carbons (Fsp3) is 0.273. The number of piperidine rings is 1. The van der Waals surface area contributed by atoms with Gasteiger partial charge in [0, 0.05) is 29.9 Å². The molecule has 0 unspecified atom stereocenters. The van der Waals surface area contributed by atoms with Crippen molar-refractivity contribution in [3.05, 3.63) is 65.7 Å². The molecule has 31 heavy (non-hydrogen) atoms. The third-order valence-electron chi connectivity index (χ3n) is 4.69. The molecule has 3 amide bonds. The van der Waals surface area contributed by atoms with Gasteiger partial charge in [-0.1, -0.05) is 30.3 Å². The number of likely N-dealkylation sites (tertiary alicyclic amines) is 1. The molecule has 1 aliphatic heterocycles. The van der Waals surface area contributed by atoms with Crippen molar-refractivity contribution < 1.29 is 19.5 Å². The van der Waals surface area contributed by atoms with Gasteiger partial charge in [-0.15, -0.1) is 0 Å². The van der Waals surface area contributed by atoms with Gasteiger partial charge in [-0.3, -0.25) is 19.9 Å². The van der Waals surface area contributed by atoms with E-state index in [1.165, 1.54) is 17.4 Å². The lowest BCUT2D eigenvalue weighted by Gasteiger charge is -2.24. The van der Waals surface area contributed by atoms with Crippen molar-refractivity contribution in [2.75, 3.05) is 24.5 Å². The monoisotopic (exact) mass is 425 g/mol. The number of nitrogens with one attached hydrogen (secondary N) is 1. The number of nitrogens with zero attached hydrogens (tertiary/aromatic N) is 2. The Morgan fingerprint density at radius 1 is 0.935 bits per heavy atom. The standard InChI is InChI=1S/C16H15N3O3.C6H12N2O/c17-15(18)11-5-4-6-12(9-11)16(22)19(10-14(20)21)13-7-2-1-3-8-13;7-6(9)8-4-2-1-3-5-8/h1-9H,10H2,(H3,17,18)(H,20,21);1-5H2,(H2,7,9). The molecule has 0 spiro atoms. The zero-order chi connectivity index (χ0) is 22.8. The fourth-order valence-corrected chi connectivity index (χ4v) is 3.11. The van der Waals surface area contributed by atoms with Crippen molar-refractivity contribution in [2.24, 2.45) is 11.5 Å². The Hall–Kier alpha value is -3.88. The zero-order valence-corrected chi connectivity index (χ0v) is 17.2. The Morgan fingerprint density at radius 2 is 1.55 bits per heavy atom. The van der Waals surface area contributed by atoms with Gasteiger partial charge in [0.15, 0.2) is 0 Å². The molecule has 6 N–H and O–H groups in total. The third-order valence-corrected chi connectivity index (χ3v) is 4.69. The molecule has 0 aromatic heterocycles. The van der Waals surface area contributed by atoms with Crippen molar-refractivity contribution in [1.29, 1.82) is 5.41 Å². The first-order valence-electron chi connectivity index (χ1n) is 9.87. The van der Waals surface area contributed by atoms with Crippen molar-refractivity contribution in [1.82, 2.24) is 4.90 Å². The number of rotatable bonds is 5. The van der Waals surface area contributed by atoms with Gasteiger partial charge in [-0.2, -0.15) is 0 Å². The van der Waals surface area contributed by atoms with Crippen LogP contribution < -0.4 is 16.4 Å². The highest BCUT2D eigenvalue weighted by Gasteiger charge is 2.20. The first-order chi connectivity index (χ1) is 14.8. The van der Waals surface area contributed by atoms with Crippen LogP contribution in [0.15, 0.2) is 54.6 Å². The quantitative estimate of drug-likeness (QED) is 0.427. The van der Waals surface area contributed by atoms with Gasteiger partial charge in [0.25, 0.3) is 5.91 Å². The molecule has 0 saturated carbocycles. The van der Waals surface area contributed by atoms with Crippen LogP contribution in [-0.4, -0.2) is 53.4 Å². The van der Waals surface area contributed by atoms with Crippen LogP contribution in [0.5, 0.6) is 0 Å². The minimum absolute atomic E-state index is 0.154. The number of hydrogen-bond acceptors (Lipinski definition) is 4. The molecule has 3 rings (SSSR count). The Morgan fingerprint density at radius 3 is 2.06 bits per heavy atom. The first kappa shape index (κ1) is 23.4. The van der Waals surface area contributed by atoms with Crippen LogP contribution in [0.3, 0.4) is 0 Å². The fourth-order valence-electron chi connectivity index (χ4n) is 3.11. The number of anilines is 1. The summed E-state index contributed by atoms with van der Waals surface area (Å²) in [4.78, 5) is 37.0. The molecule has 0 atom stereocenters. The average molecular weight is 425 g/mol. The number of carbonyl (C=O) groups is 3. The Kier molecular flexibility index (Phi) is 8.56. The average Bonchev–Trinajstić information content (AvgIpc) is 2.78. The van der Waals surface area contributed by atoms with E-state index >= 15 is 0 Å². The SMILES string of the molecule is N=C(N)c1cccc(C(=O)N(CC(=O)O)c2ccccc2)c1.NC(=O)N1CCCCC1. The number of primary amides is 1. The van der Waals surface area contributed by atoms with E-state index < -0.39 is 18.4 Å². The molecule has 2 aromatic carbocycles. The minimum atomic E-state index is -1.11. The number of nitrogens with two attached hydrogens (primary N) is 2. The van der Waals surface area contributed by atoms with E-state index in [-0.39, 0.29) is 17.4 Å². The number of aliphatic carboxylic acids is 1. The van der Waals surface area contributed by atoms with Crippen molar-refractivity contribution in [3.63, 3.8) is 0 Å². The number of para-hydroxylation sites is 1. The summed E-state index contributed by atoms with van der Waals surface area (Å²) in [6, 6.07) is 14.5. The number of carboxylic acids is 1. The number of nitrogen functional groups attached to an aromatic ring is 1. The normalized spacial score (nSPS) is 12.8. The van der Waals surface area contributed by atoms with Gasteiger partial charge < -0.3 is 21.5 Å². The molecule has 2 aromatic rings. The maximum Gasteiger partial charge on any atom is 0.323 e. The predicted octanol–water partition coefficient (Wildman–Crippen LogP) is 2.25. The lowest BCUT2D eigenvalue weighted by atomic mass is 10.1. The maximum absolute atomic E-state index is 12.6. The molecule has 1 aliphatic rings. The number of hydrogen-bond donors (Lipinski definition) is 4. The summed E-state index contributed by atoms with van der Waals surface area (Å²) in [6.45, 7) is 1.26. The van der Waals surface area contributed by atoms with Crippen LogP contribution >= 0.6 is 0 Å². The van der Waals surface area contributed by atoms with E-state index in [0.29, 0.717) is 11.3 Å². The summed E-state index contributed by atoms with van der Waals surface area (Å²) in [7, 11) is 0. The van der Waals surface area contributed by atoms with Gasteiger partial charge in [-0.25, -0.2) is 4.79 Å². The highest BCUT2D eigenvalue weighted by Crippen LogP contribution is 2.17. The smallest absolute Gasteiger partial charge is 0.323 e. The molecular formula is C22H27N5O4. The van der Waals surface area contributed by atoms with Crippen LogP contribution in [0, 0.1) is 5.41 Å². The van der Waals surface area contributed by atoms with Gasteiger partial charge in [-0.05, 0) is 43.5 Å². The molecule has 0 radical (unpaired) electrons. The Labute approximate surface area is 180 Å². The van der Waals surface area contributed by atoms with Crippen molar-refractivity contribution in [3.8, 4) is 0 Å². The van der Waals surface area contributed by atoms with Crippen molar-refractivity contribution >= 4 is 29.4 Å². The largest absolute Gasteiger partial charge is 0.480 e. The van der Waals surface area contributed by atoms with Gasteiger partial charge in [0.2, 0.25) is 0 Å². The number of carboxylic acid groups (broad SMARTS) is 1. The van der Waals surface area contributed by atoms with E-state index in [1.807, 2.05) is 0 Å². The van der Waals surface area contributed by atoms with E-state index in [4.69, 9.17) is 22.0 Å². The molecule has 0 aliphatic carbocycles. The molecule has 1 heterocycles. The van der Waals surface area contributed by atoms with Crippen LogP contribution in [-0.2, 0) is 4.79 Å². The summed E-state index contributed by atoms with van der Waals surface area (Å²) >= 11 is 0. The lowest BCUT2D eigenvalue weighted by Crippen LogP contribution is -2.39. The van der Waals surface area contributed by atoms with Crippen molar-refractivity contribution in [2.45, 2.75) is 19.3 Å². The molecule has 1 fully saturated rings.